The Bertz CT molecular complexity index is 431. The third-order valence-corrected chi connectivity index (χ3v) is 2.98. The van der Waals surface area contributed by atoms with E-state index in [2.05, 4.69) is 16.1 Å². The van der Waals surface area contributed by atoms with Gasteiger partial charge in [0.2, 0.25) is 0 Å². The summed E-state index contributed by atoms with van der Waals surface area (Å²) in [5.41, 5.74) is 0.701. The van der Waals surface area contributed by atoms with E-state index in [1.807, 2.05) is 21.2 Å². The van der Waals surface area contributed by atoms with Crippen LogP contribution in [0.25, 0.3) is 0 Å². The van der Waals surface area contributed by atoms with E-state index in [4.69, 9.17) is 4.74 Å². The number of hydrogen-bond acceptors (Lipinski definition) is 4. The standard InChI is InChI=1S/C12H13BrN2O2/c1-17-11-4-2-10(3-5-11)12(16)8-14-6-7-15(13)9-14/h2-7H,8-9H2,1H3. The molecule has 1 aromatic rings. The molecule has 1 aliphatic rings. The van der Waals surface area contributed by atoms with Crippen molar-refractivity contribution < 1.29 is 9.53 Å². The highest BCUT2D eigenvalue weighted by molar-refractivity contribution is 9.07. The Labute approximate surface area is 109 Å². The lowest BCUT2D eigenvalue weighted by molar-refractivity contribution is 0.0953. The van der Waals surface area contributed by atoms with Gasteiger partial charge < -0.3 is 9.64 Å². The van der Waals surface area contributed by atoms with E-state index in [1.54, 1.807) is 31.4 Å². The van der Waals surface area contributed by atoms with Crippen molar-refractivity contribution in [3.63, 3.8) is 0 Å². The maximum Gasteiger partial charge on any atom is 0.182 e. The van der Waals surface area contributed by atoms with Gasteiger partial charge in [0.05, 0.1) is 29.8 Å². The second-order valence-electron chi connectivity index (χ2n) is 3.74. The minimum absolute atomic E-state index is 0.0973. The van der Waals surface area contributed by atoms with Crippen LogP contribution >= 0.6 is 16.1 Å². The fraction of sp³-hybridized carbons (Fsp3) is 0.250. The fourth-order valence-electron chi connectivity index (χ4n) is 1.59. The minimum atomic E-state index is 0.0973. The largest absolute Gasteiger partial charge is 0.497 e. The molecule has 0 aromatic heterocycles. The maximum absolute atomic E-state index is 12.0. The molecule has 90 valence electrons. The molecule has 17 heavy (non-hydrogen) atoms. The smallest absolute Gasteiger partial charge is 0.182 e. The number of Topliss-reactive ketones (excluding diaryl/α,β-unsaturated/α-hetero) is 1. The second kappa shape index (κ2) is 5.23. The summed E-state index contributed by atoms with van der Waals surface area (Å²) >= 11 is 3.32. The van der Waals surface area contributed by atoms with Gasteiger partial charge in [-0.15, -0.1) is 0 Å². The summed E-state index contributed by atoms with van der Waals surface area (Å²) in [4.78, 5) is 13.9. The monoisotopic (exact) mass is 296 g/mol. The van der Waals surface area contributed by atoms with Gasteiger partial charge in [-0.05, 0) is 24.3 Å². The lowest BCUT2D eigenvalue weighted by Gasteiger charge is -2.15. The molecule has 5 heteroatoms. The molecule has 0 unspecified atom stereocenters. The van der Waals surface area contributed by atoms with Crippen molar-refractivity contribution in [1.29, 1.82) is 0 Å². The number of carbonyl (C=O) groups excluding carboxylic acids is 1. The molecular formula is C12H13BrN2O2. The molecule has 0 amide bonds. The summed E-state index contributed by atoms with van der Waals surface area (Å²) < 4.78 is 6.89. The Morgan fingerprint density at radius 2 is 2.06 bits per heavy atom. The third kappa shape index (κ3) is 3.00. The number of benzene rings is 1. The van der Waals surface area contributed by atoms with Crippen LogP contribution in [-0.4, -0.2) is 34.9 Å². The highest BCUT2D eigenvalue weighted by Gasteiger charge is 2.14. The van der Waals surface area contributed by atoms with E-state index in [9.17, 15) is 4.79 Å². The zero-order valence-electron chi connectivity index (χ0n) is 9.47. The average molecular weight is 297 g/mol. The normalized spacial score (nSPS) is 14.2. The van der Waals surface area contributed by atoms with E-state index in [0.29, 0.717) is 18.8 Å². The number of rotatable bonds is 4. The fourth-order valence-corrected chi connectivity index (χ4v) is 1.98. The molecule has 0 radical (unpaired) electrons. The molecular weight excluding hydrogens is 284 g/mol. The number of carbonyl (C=O) groups is 1. The van der Waals surface area contributed by atoms with Crippen molar-refractivity contribution in [2.75, 3.05) is 20.3 Å². The molecule has 0 aliphatic carbocycles. The van der Waals surface area contributed by atoms with Gasteiger partial charge in [0.15, 0.2) is 5.78 Å². The Balaban J connectivity index is 1.97. The Morgan fingerprint density at radius 3 is 2.59 bits per heavy atom. The van der Waals surface area contributed by atoms with Gasteiger partial charge in [0.25, 0.3) is 0 Å². The zero-order chi connectivity index (χ0) is 12.3. The van der Waals surface area contributed by atoms with Crippen molar-refractivity contribution in [3.8, 4) is 5.75 Å². The van der Waals surface area contributed by atoms with Crippen LogP contribution in [0.1, 0.15) is 10.4 Å². The summed E-state index contributed by atoms with van der Waals surface area (Å²) in [7, 11) is 1.61. The molecule has 1 heterocycles. The quantitative estimate of drug-likeness (QED) is 0.630. The van der Waals surface area contributed by atoms with E-state index in [1.165, 1.54) is 0 Å². The van der Waals surface area contributed by atoms with Crippen LogP contribution in [0, 0.1) is 0 Å². The van der Waals surface area contributed by atoms with Crippen LogP contribution in [0.4, 0.5) is 0 Å². The van der Waals surface area contributed by atoms with Crippen molar-refractivity contribution in [2.45, 2.75) is 0 Å². The highest BCUT2D eigenvalue weighted by atomic mass is 79.9. The number of ether oxygens (including phenoxy) is 1. The first kappa shape index (κ1) is 12.0. The molecule has 0 atom stereocenters. The number of hydrogen-bond donors (Lipinski definition) is 0. The molecule has 0 spiro atoms. The molecule has 0 saturated carbocycles. The van der Waals surface area contributed by atoms with Crippen molar-refractivity contribution >= 4 is 21.9 Å². The first-order valence-electron chi connectivity index (χ1n) is 5.21. The molecule has 1 aliphatic heterocycles. The molecule has 2 rings (SSSR count). The van der Waals surface area contributed by atoms with Gasteiger partial charge in [-0.2, -0.15) is 0 Å². The van der Waals surface area contributed by atoms with E-state index in [0.717, 1.165) is 5.75 Å². The number of nitrogens with zero attached hydrogens (tertiary/aromatic N) is 2. The molecule has 0 fully saturated rings. The van der Waals surface area contributed by atoms with Gasteiger partial charge in [0.1, 0.15) is 12.4 Å². The van der Waals surface area contributed by atoms with Crippen LogP contribution in [0.5, 0.6) is 5.75 Å². The first-order valence-corrected chi connectivity index (χ1v) is 5.92. The average Bonchev–Trinajstić information content (AvgIpc) is 2.75. The Hall–Kier alpha value is -1.49. The number of halogens is 1. The first-order chi connectivity index (χ1) is 8.19. The van der Waals surface area contributed by atoms with Crippen molar-refractivity contribution in [1.82, 2.24) is 8.83 Å². The van der Waals surface area contributed by atoms with Gasteiger partial charge in [0, 0.05) is 18.0 Å². The Kier molecular flexibility index (Phi) is 3.68. The zero-order valence-corrected chi connectivity index (χ0v) is 11.1. The van der Waals surface area contributed by atoms with Crippen LogP contribution < -0.4 is 4.74 Å². The second-order valence-corrected chi connectivity index (χ2v) is 4.65. The van der Waals surface area contributed by atoms with Crippen molar-refractivity contribution in [3.05, 3.63) is 42.2 Å². The molecule has 0 saturated heterocycles. The molecule has 1 aromatic carbocycles. The number of methoxy groups -OCH3 is 1. The highest BCUT2D eigenvalue weighted by Crippen LogP contribution is 2.14. The van der Waals surface area contributed by atoms with Crippen LogP contribution in [-0.2, 0) is 0 Å². The van der Waals surface area contributed by atoms with E-state index < -0.39 is 0 Å². The predicted molar refractivity (Wildman–Crippen MR) is 68.8 cm³/mol. The van der Waals surface area contributed by atoms with Crippen LogP contribution in [0.2, 0.25) is 0 Å². The SMILES string of the molecule is COc1ccc(C(=O)CN2C=CN(Br)C2)cc1. The van der Waals surface area contributed by atoms with Crippen LogP contribution in [0.3, 0.4) is 0 Å². The molecule has 0 bridgehead atoms. The van der Waals surface area contributed by atoms with Gasteiger partial charge in [-0.1, -0.05) is 0 Å². The summed E-state index contributed by atoms with van der Waals surface area (Å²) in [6.45, 7) is 1.06. The third-order valence-electron chi connectivity index (χ3n) is 2.51. The lowest BCUT2D eigenvalue weighted by atomic mass is 10.1. The summed E-state index contributed by atoms with van der Waals surface area (Å²) in [5.74, 6) is 0.856. The summed E-state index contributed by atoms with van der Waals surface area (Å²) in [6.07, 6.45) is 3.76. The maximum atomic E-state index is 12.0. The summed E-state index contributed by atoms with van der Waals surface area (Å²) in [6, 6.07) is 7.16. The van der Waals surface area contributed by atoms with Crippen molar-refractivity contribution in [2.24, 2.45) is 0 Å². The summed E-state index contributed by atoms with van der Waals surface area (Å²) in [5, 5.41) is 0. The van der Waals surface area contributed by atoms with Gasteiger partial charge in [-0.3, -0.25) is 8.72 Å². The van der Waals surface area contributed by atoms with Gasteiger partial charge in [-0.25, -0.2) is 0 Å². The van der Waals surface area contributed by atoms with E-state index in [-0.39, 0.29) is 5.78 Å². The molecule has 4 nitrogen and oxygen atoms in total. The number of ketones is 1. The van der Waals surface area contributed by atoms with Crippen LogP contribution in [0.15, 0.2) is 36.7 Å². The molecule has 0 N–H and O–H groups in total. The minimum Gasteiger partial charge on any atom is -0.497 e. The lowest BCUT2D eigenvalue weighted by Crippen LogP contribution is -2.26. The van der Waals surface area contributed by atoms with Gasteiger partial charge >= 0.3 is 0 Å². The van der Waals surface area contributed by atoms with E-state index >= 15 is 0 Å². The Morgan fingerprint density at radius 1 is 1.35 bits per heavy atom. The topological polar surface area (TPSA) is 32.8 Å². The predicted octanol–water partition coefficient (Wildman–Crippen LogP) is 2.23.